The predicted molar refractivity (Wildman–Crippen MR) is 98.4 cm³/mol. The number of piperidine rings is 2. The SMILES string of the molecule is C[C@]1(C(=O)O)CCCN(C(=O)c2cc(N3CCCCC3)ccc2Cl)C1. The molecule has 0 aliphatic carbocycles. The summed E-state index contributed by atoms with van der Waals surface area (Å²) in [5.74, 6) is -1.02. The van der Waals surface area contributed by atoms with E-state index in [0.29, 0.717) is 30.0 Å². The number of carbonyl (C=O) groups excluding carboxylic acids is 1. The minimum Gasteiger partial charge on any atom is -0.481 e. The van der Waals surface area contributed by atoms with E-state index >= 15 is 0 Å². The van der Waals surface area contributed by atoms with Gasteiger partial charge in [-0.15, -0.1) is 0 Å². The number of carbonyl (C=O) groups is 2. The van der Waals surface area contributed by atoms with E-state index < -0.39 is 11.4 Å². The Hall–Kier alpha value is -1.75. The van der Waals surface area contributed by atoms with Crippen LogP contribution in [0.15, 0.2) is 18.2 Å². The molecule has 3 rings (SSSR count). The topological polar surface area (TPSA) is 60.9 Å². The molecule has 2 aliphatic rings. The van der Waals surface area contributed by atoms with Crippen molar-refractivity contribution < 1.29 is 14.7 Å². The Balaban J connectivity index is 1.82. The zero-order valence-electron chi connectivity index (χ0n) is 14.6. The molecule has 1 N–H and O–H groups in total. The molecule has 2 fully saturated rings. The maximum atomic E-state index is 13.0. The van der Waals surface area contributed by atoms with Crippen LogP contribution in [0.5, 0.6) is 0 Å². The minimum atomic E-state index is -0.884. The van der Waals surface area contributed by atoms with Crippen LogP contribution in [-0.4, -0.2) is 48.1 Å². The van der Waals surface area contributed by atoms with Crippen molar-refractivity contribution in [2.75, 3.05) is 31.1 Å². The van der Waals surface area contributed by atoms with E-state index in [9.17, 15) is 14.7 Å². The summed E-state index contributed by atoms with van der Waals surface area (Å²) >= 11 is 6.30. The van der Waals surface area contributed by atoms with E-state index in [1.54, 1.807) is 17.9 Å². The zero-order chi connectivity index (χ0) is 18.0. The van der Waals surface area contributed by atoms with Crippen LogP contribution in [0.3, 0.4) is 0 Å². The summed E-state index contributed by atoms with van der Waals surface area (Å²) in [6.45, 7) is 4.50. The quantitative estimate of drug-likeness (QED) is 0.889. The number of rotatable bonds is 3. The van der Waals surface area contributed by atoms with Crippen LogP contribution in [0, 0.1) is 5.41 Å². The van der Waals surface area contributed by atoms with Gasteiger partial charge in [-0.3, -0.25) is 9.59 Å². The van der Waals surface area contributed by atoms with Crippen LogP contribution < -0.4 is 4.90 Å². The van der Waals surface area contributed by atoms with Crippen molar-refractivity contribution in [3.05, 3.63) is 28.8 Å². The Labute approximate surface area is 153 Å². The van der Waals surface area contributed by atoms with Gasteiger partial charge in [0.05, 0.1) is 16.0 Å². The molecule has 0 saturated carbocycles. The van der Waals surface area contributed by atoms with Crippen LogP contribution in [-0.2, 0) is 4.79 Å². The first-order valence-corrected chi connectivity index (χ1v) is 9.36. The normalized spacial score (nSPS) is 24.2. The smallest absolute Gasteiger partial charge is 0.311 e. The second-order valence-electron chi connectivity index (χ2n) is 7.41. The van der Waals surface area contributed by atoms with E-state index in [2.05, 4.69) is 4.90 Å². The third-order valence-electron chi connectivity index (χ3n) is 5.40. The van der Waals surface area contributed by atoms with Gasteiger partial charge in [0.15, 0.2) is 0 Å². The van der Waals surface area contributed by atoms with Gasteiger partial charge in [0.25, 0.3) is 5.91 Å². The number of aliphatic carboxylic acids is 1. The van der Waals surface area contributed by atoms with Crippen LogP contribution in [0.25, 0.3) is 0 Å². The fourth-order valence-corrected chi connectivity index (χ4v) is 3.98. The molecule has 136 valence electrons. The number of hydrogen-bond acceptors (Lipinski definition) is 3. The number of halogens is 1. The van der Waals surface area contributed by atoms with Gasteiger partial charge in [-0.1, -0.05) is 11.6 Å². The van der Waals surface area contributed by atoms with Gasteiger partial charge in [-0.05, 0) is 57.2 Å². The molecule has 1 amide bonds. The first kappa shape index (κ1) is 18.1. The molecule has 5 nitrogen and oxygen atoms in total. The third kappa shape index (κ3) is 3.76. The minimum absolute atomic E-state index is 0.170. The summed E-state index contributed by atoms with van der Waals surface area (Å²) in [5, 5.41) is 9.89. The molecule has 0 aromatic heterocycles. The molecule has 25 heavy (non-hydrogen) atoms. The van der Waals surface area contributed by atoms with E-state index in [1.165, 1.54) is 6.42 Å². The van der Waals surface area contributed by atoms with Crippen LogP contribution in [0.1, 0.15) is 49.4 Å². The molecule has 2 heterocycles. The fraction of sp³-hybridized carbons (Fsp3) is 0.579. The first-order valence-electron chi connectivity index (χ1n) is 8.98. The maximum absolute atomic E-state index is 13.0. The molecule has 1 aromatic carbocycles. The molecule has 0 spiro atoms. The number of carboxylic acid groups (broad SMARTS) is 1. The average Bonchev–Trinajstić information content (AvgIpc) is 2.62. The summed E-state index contributed by atoms with van der Waals surface area (Å²) in [4.78, 5) is 28.5. The Morgan fingerprint density at radius 3 is 2.52 bits per heavy atom. The highest BCUT2D eigenvalue weighted by Gasteiger charge is 2.39. The third-order valence-corrected chi connectivity index (χ3v) is 5.73. The molecule has 1 atom stereocenters. The molecule has 2 aliphatic heterocycles. The van der Waals surface area contributed by atoms with Gasteiger partial charge in [0.1, 0.15) is 0 Å². The van der Waals surface area contributed by atoms with Crippen molar-refractivity contribution in [1.29, 1.82) is 0 Å². The summed E-state index contributed by atoms with van der Waals surface area (Å²) in [6.07, 6.45) is 4.85. The highest BCUT2D eigenvalue weighted by molar-refractivity contribution is 6.34. The molecule has 1 aromatic rings. The van der Waals surface area contributed by atoms with Crippen LogP contribution in [0.4, 0.5) is 5.69 Å². The largest absolute Gasteiger partial charge is 0.481 e. The monoisotopic (exact) mass is 364 g/mol. The number of anilines is 1. The van der Waals surface area contributed by atoms with Crippen molar-refractivity contribution in [3.8, 4) is 0 Å². The molecular weight excluding hydrogens is 340 g/mol. The number of likely N-dealkylation sites (tertiary alicyclic amines) is 1. The standard InChI is InChI=1S/C19H25ClN2O3/c1-19(18(24)25)8-5-11-22(13-19)17(23)15-12-14(6-7-16(15)20)21-9-3-2-4-10-21/h6-7,12H,2-5,8-11,13H2,1H3,(H,24,25)/t19-/m0/s1. The number of nitrogens with zero attached hydrogens (tertiary/aromatic N) is 2. The van der Waals surface area contributed by atoms with E-state index in [4.69, 9.17) is 11.6 Å². The molecule has 0 unspecified atom stereocenters. The highest BCUT2D eigenvalue weighted by atomic mass is 35.5. The van der Waals surface area contributed by atoms with Gasteiger partial charge in [0, 0.05) is 31.9 Å². The average molecular weight is 365 g/mol. The number of hydrogen-bond donors (Lipinski definition) is 1. The molecule has 6 heteroatoms. The summed E-state index contributed by atoms with van der Waals surface area (Å²) in [6, 6.07) is 5.60. The van der Waals surface area contributed by atoms with Crippen molar-refractivity contribution in [3.63, 3.8) is 0 Å². The fourth-order valence-electron chi connectivity index (χ4n) is 3.78. The highest BCUT2D eigenvalue weighted by Crippen LogP contribution is 2.32. The predicted octanol–water partition coefficient (Wildman–Crippen LogP) is 3.66. The lowest BCUT2D eigenvalue weighted by Crippen LogP contribution is -2.48. The van der Waals surface area contributed by atoms with Gasteiger partial charge >= 0.3 is 5.97 Å². The second-order valence-corrected chi connectivity index (χ2v) is 7.82. The molecule has 2 saturated heterocycles. The number of benzene rings is 1. The van der Waals surface area contributed by atoms with E-state index in [1.807, 2.05) is 12.1 Å². The van der Waals surface area contributed by atoms with Crippen LogP contribution >= 0.6 is 11.6 Å². The zero-order valence-corrected chi connectivity index (χ0v) is 15.4. The van der Waals surface area contributed by atoms with Crippen LogP contribution in [0.2, 0.25) is 5.02 Å². The first-order chi connectivity index (χ1) is 11.9. The van der Waals surface area contributed by atoms with E-state index in [0.717, 1.165) is 31.6 Å². The van der Waals surface area contributed by atoms with Crippen molar-refractivity contribution in [1.82, 2.24) is 4.90 Å². The lowest BCUT2D eigenvalue weighted by Gasteiger charge is -2.37. The Morgan fingerprint density at radius 1 is 1.12 bits per heavy atom. The van der Waals surface area contributed by atoms with Gasteiger partial charge in [-0.2, -0.15) is 0 Å². The number of carboxylic acids is 1. The van der Waals surface area contributed by atoms with Gasteiger partial charge < -0.3 is 14.9 Å². The lowest BCUT2D eigenvalue weighted by molar-refractivity contribution is -0.150. The maximum Gasteiger partial charge on any atom is 0.311 e. The molecular formula is C19H25ClN2O3. The van der Waals surface area contributed by atoms with E-state index in [-0.39, 0.29) is 12.5 Å². The summed E-state index contributed by atoms with van der Waals surface area (Å²) in [7, 11) is 0. The Morgan fingerprint density at radius 2 is 1.84 bits per heavy atom. The molecule has 0 bridgehead atoms. The summed E-state index contributed by atoms with van der Waals surface area (Å²) < 4.78 is 0. The summed E-state index contributed by atoms with van der Waals surface area (Å²) in [5.41, 5.74) is 0.607. The van der Waals surface area contributed by atoms with Gasteiger partial charge in [0.2, 0.25) is 0 Å². The van der Waals surface area contributed by atoms with Crippen molar-refractivity contribution >= 4 is 29.2 Å². The molecule has 0 radical (unpaired) electrons. The Bertz CT molecular complexity index is 673. The second kappa shape index (κ2) is 7.24. The van der Waals surface area contributed by atoms with Crippen molar-refractivity contribution in [2.45, 2.75) is 39.0 Å². The lowest BCUT2D eigenvalue weighted by atomic mass is 9.82. The van der Waals surface area contributed by atoms with Crippen molar-refractivity contribution in [2.24, 2.45) is 5.41 Å². The van der Waals surface area contributed by atoms with Gasteiger partial charge in [-0.25, -0.2) is 0 Å². The Kier molecular flexibility index (Phi) is 5.23. The number of amides is 1.